The Morgan fingerprint density at radius 1 is 0.950 bits per heavy atom. The van der Waals surface area contributed by atoms with Crippen LogP contribution in [0.1, 0.15) is 17.2 Å². The zero-order valence-corrected chi connectivity index (χ0v) is 13.9. The maximum Gasteiger partial charge on any atom is 0.164 e. The zero-order valence-electron chi connectivity index (χ0n) is 11.5. The van der Waals surface area contributed by atoms with Crippen molar-refractivity contribution in [3.8, 4) is 17.2 Å². The van der Waals surface area contributed by atoms with Crippen molar-refractivity contribution in [3.63, 3.8) is 0 Å². The maximum absolute atomic E-state index is 6.35. The van der Waals surface area contributed by atoms with Gasteiger partial charge in [0.15, 0.2) is 11.5 Å². The molecule has 1 atom stereocenters. The van der Waals surface area contributed by atoms with Crippen LogP contribution in [-0.4, -0.2) is 21.3 Å². The Bertz CT molecular complexity index is 600. The predicted octanol–water partition coefficient (Wildman–Crippen LogP) is 3.58. The quantitative estimate of drug-likeness (QED) is 0.888. The van der Waals surface area contributed by atoms with Crippen molar-refractivity contribution in [2.45, 2.75) is 6.04 Å². The van der Waals surface area contributed by atoms with Crippen molar-refractivity contribution in [1.29, 1.82) is 0 Å². The van der Waals surface area contributed by atoms with Crippen molar-refractivity contribution in [1.82, 2.24) is 0 Å². The molecule has 0 aliphatic rings. The lowest BCUT2D eigenvalue weighted by Crippen LogP contribution is -2.13. The highest BCUT2D eigenvalue weighted by Crippen LogP contribution is 2.40. The van der Waals surface area contributed by atoms with Gasteiger partial charge in [0.25, 0.3) is 0 Å². The van der Waals surface area contributed by atoms with E-state index in [1.165, 1.54) is 0 Å². The van der Waals surface area contributed by atoms with E-state index in [1.807, 2.05) is 16.8 Å². The lowest BCUT2D eigenvalue weighted by molar-refractivity contribution is 0.347. The molecule has 20 heavy (non-hydrogen) atoms. The summed E-state index contributed by atoms with van der Waals surface area (Å²) < 4.78 is 17.0. The van der Waals surface area contributed by atoms with Gasteiger partial charge in [0.1, 0.15) is 5.75 Å². The normalized spacial score (nSPS) is 12.1. The molecule has 2 N–H and O–H groups in total. The smallest absolute Gasteiger partial charge is 0.164 e. The molecule has 2 aromatic rings. The van der Waals surface area contributed by atoms with E-state index in [9.17, 15) is 0 Å². The molecule has 0 aliphatic carbocycles. The van der Waals surface area contributed by atoms with Crippen molar-refractivity contribution in [2.75, 3.05) is 21.3 Å². The third kappa shape index (κ3) is 2.77. The fourth-order valence-corrected chi connectivity index (χ4v) is 3.56. The highest BCUT2D eigenvalue weighted by atomic mass is 79.9. The Labute approximate surface area is 130 Å². The molecule has 0 spiro atoms. The van der Waals surface area contributed by atoms with Gasteiger partial charge in [0.05, 0.1) is 27.4 Å². The molecule has 0 fully saturated rings. The Kier molecular flexibility index (Phi) is 4.91. The minimum Gasteiger partial charge on any atom is -0.496 e. The molecule has 6 heteroatoms. The van der Waals surface area contributed by atoms with Gasteiger partial charge in [-0.3, -0.25) is 0 Å². The molecule has 108 valence electrons. The van der Waals surface area contributed by atoms with E-state index in [0.717, 1.165) is 15.6 Å². The fourth-order valence-electron chi connectivity index (χ4n) is 1.98. The topological polar surface area (TPSA) is 53.7 Å². The van der Waals surface area contributed by atoms with Crippen molar-refractivity contribution < 1.29 is 14.2 Å². The van der Waals surface area contributed by atoms with Crippen LogP contribution in [0.2, 0.25) is 0 Å². The average molecular weight is 358 g/mol. The standard InChI is InChI=1S/C14H16BrNO3S/c1-17-11-5-13(19-3)12(18-2)4-8(11)14(16)9-6-20-7-10(9)15/h4-7,14H,16H2,1-3H3. The van der Waals surface area contributed by atoms with Gasteiger partial charge in [0.2, 0.25) is 0 Å². The van der Waals surface area contributed by atoms with Crippen LogP contribution in [-0.2, 0) is 0 Å². The number of thiophene rings is 1. The summed E-state index contributed by atoms with van der Waals surface area (Å²) in [4.78, 5) is 0. The molecule has 0 saturated carbocycles. The van der Waals surface area contributed by atoms with Gasteiger partial charge in [-0.1, -0.05) is 0 Å². The summed E-state index contributed by atoms with van der Waals surface area (Å²) in [6, 6.07) is 3.34. The number of ether oxygens (including phenoxy) is 3. The van der Waals surface area contributed by atoms with Crippen LogP contribution in [0.15, 0.2) is 27.4 Å². The monoisotopic (exact) mass is 357 g/mol. The molecule has 0 bridgehead atoms. The van der Waals surface area contributed by atoms with Gasteiger partial charge in [-0.05, 0) is 32.9 Å². The van der Waals surface area contributed by atoms with E-state index in [-0.39, 0.29) is 6.04 Å². The molecule has 1 aromatic heterocycles. The van der Waals surface area contributed by atoms with Gasteiger partial charge in [-0.2, -0.15) is 11.3 Å². The van der Waals surface area contributed by atoms with Crippen LogP contribution in [0.3, 0.4) is 0 Å². The first-order chi connectivity index (χ1) is 9.62. The first-order valence-electron chi connectivity index (χ1n) is 5.89. The molecule has 0 aliphatic heterocycles. The highest BCUT2D eigenvalue weighted by molar-refractivity contribution is 9.10. The molecule has 1 aromatic carbocycles. The molecular weight excluding hydrogens is 342 g/mol. The van der Waals surface area contributed by atoms with Gasteiger partial charge in [-0.15, -0.1) is 0 Å². The number of benzene rings is 1. The van der Waals surface area contributed by atoms with Crippen LogP contribution in [0, 0.1) is 0 Å². The third-order valence-corrected chi connectivity index (χ3v) is 4.80. The van der Waals surface area contributed by atoms with Crippen LogP contribution in [0.25, 0.3) is 0 Å². The van der Waals surface area contributed by atoms with E-state index in [2.05, 4.69) is 15.9 Å². The lowest BCUT2D eigenvalue weighted by atomic mass is 10.0. The first-order valence-corrected chi connectivity index (χ1v) is 7.63. The Balaban J connectivity index is 2.52. The molecule has 0 amide bonds. The lowest BCUT2D eigenvalue weighted by Gasteiger charge is -2.18. The van der Waals surface area contributed by atoms with Gasteiger partial charge in [0, 0.05) is 21.5 Å². The summed E-state index contributed by atoms with van der Waals surface area (Å²) in [6.07, 6.45) is 0. The Morgan fingerprint density at radius 2 is 1.55 bits per heavy atom. The Morgan fingerprint density at radius 3 is 2.05 bits per heavy atom. The van der Waals surface area contributed by atoms with E-state index in [1.54, 1.807) is 38.7 Å². The van der Waals surface area contributed by atoms with E-state index >= 15 is 0 Å². The molecule has 0 saturated heterocycles. The van der Waals surface area contributed by atoms with Crippen molar-refractivity contribution in [2.24, 2.45) is 5.73 Å². The number of methoxy groups -OCH3 is 3. The predicted molar refractivity (Wildman–Crippen MR) is 84.1 cm³/mol. The maximum atomic E-state index is 6.35. The van der Waals surface area contributed by atoms with Crippen molar-refractivity contribution in [3.05, 3.63) is 38.5 Å². The molecule has 0 radical (unpaired) electrons. The van der Waals surface area contributed by atoms with Gasteiger partial charge < -0.3 is 19.9 Å². The van der Waals surface area contributed by atoms with Crippen LogP contribution in [0.5, 0.6) is 17.2 Å². The second-order valence-electron chi connectivity index (χ2n) is 4.10. The summed E-state index contributed by atoms with van der Waals surface area (Å²) in [5.41, 5.74) is 8.22. The summed E-state index contributed by atoms with van der Waals surface area (Å²) in [5, 5.41) is 4.02. The SMILES string of the molecule is COc1cc(OC)c(C(N)c2cscc2Br)cc1OC. The fraction of sp³-hybridized carbons (Fsp3) is 0.286. The summed E-state index contributed by atoms with van der Waals surface area (Å²) in [6.45, 7) is 0. The molecule has 4 nitrogen and oxygen atoms in total. The second-order valence-corrected chi connectivity index (χ2v) is 5.70. The van der Waals surface area contributed by atoms with E-state index in [4.69, 9.17) is 19.9 Å². The van der Waals surface area contributed by atoms with Crippen molar-refractivity contribution >= 4 is 27.3 Å². The number of halogens is 1. The number of nitrogens with two attached hydrogens (primary N) is 1. The minimum absolute atomic E-state index is 0.301. The van der Waals surface area contributed by atoms with Crippen LogP contribution < -0.4 is 19.9 Å². The number of hydrogen-bond acceptors (Lipinski definition) is 5. The number of rotatable bonds is 5. The van der Waals surface area contributed by atoms with Crippen LogP contribution >= 0.6 is 27.3 Å². The highest BCUT2D eigenvalue weighted by Gasteiger charge is 2.20. The van der Waals surface area contributed by atoms with Crippen LogP contribution in [0.4, 0.5) is 0 Å². The second kappa shape index (κ2) is 6.47. The average Bonchev–Trinajstić information content (AvgIpc) is 2.91. The van der Waals surface area contributed by atoms with E-state index in [0.29, 0.717) is 17.2 Å². The zero-order chi connectivity index (χ0) is 14.7. The Hall–Kier alpha value is -1.24. The van der Waals surface area contributed by atoms with Gasteiger partial charge in [-0.25, -0.2) is 0 Å². The number of hydrogen-bond donors (Lipinski definition) is 1. The summed E-state index contributed by atoms with van der Waals surface area (Å²) in [7, 11) is 4.80. The van der Waals surface area contributed by atoms with E-state index < -0.39 is 0 Å². The molecular formula is C14H16BrNO3S. The third-order valence-electron chi connectivity index (χ3n) is 3.05. The molecule has 1 heterocycles. The summed E-state index contributed by atoms with van der Waals surface area (Å²) in [5.74, 6) is 1.92. The summed E-state index contributed by atoms with van der Waals surface area (Å²) >= 11 is 5.10. The minimum atomic E-state index is -0.301. The molecule has 2 rings (SSSR count). The first kappa shape index (κ1) is 15.2. The largest absolute Gasteiger partial charge is 0.496 e. The van der Waals surface area contributed by atoms with Gasteiger partial charge >= 0.3 is 0 Å². The molecule has 1 unspecified atom stereocenters.